The maximum Gasteiger partial charge on any atom is 0.251 e. The highest BCUT2D eigenvalue weighted by molar-refractivity contribution is 5.94. The van der Waals surface area contributed by atoms with E-state index in [0.29, 0.717) is 17.8 Å². The molecule has 0 radical (unpaired) electrons. The number of nitrogens with zero attached hydrogens (tertiary/aromatic N) is 2. The zero-order valence-corrected chi connectivity index (χ0v) is 12.3. The molecule has 23 heavy (non-hydrogen) atoms. The molecule has 5 nitrogen and oxygen atoms in total. The SMILES string of the molecule is N#CC(C#N)=CNc1ccc(C(=O)NCc2ccccc2)cc1. The first-order chi connectivity index (χ1) is 11.2. The van der Waals surface area contributed by atoms with Crippen molar-refractivity contribution in [1.82, 2.24) is 5.32 Å². The van der Waals surface area contributed by atoms with Gasteiger partial charge in [-0.25, -0.2) is 0 Å². The molecule has 2 aromatic rings. The van der Waals surface area contributed by atoms with Crippen LogP contribution in [0.3, 0.4) is 0 Å². The number of rotatable bonds is 5. The van der Waals surface area contributed by atoms with E-state index in [9.17, 15) is 4.79 Å². The molecule has 0 atom stereocenters. The number of anilines is 1. The molecule has 0 aliphatic heterocycles. The van der Waals surface area contributed by atoms with E-state index in [-0.39, 0.29) is 11.5 Å². The van der Waals surface area contributed by atoms with Crippen molar-refractivity contribution in [2.75, 3.05) is 5.32 Å². The standard InChI is InChI=1S/C18H14N4O/c19-10-15(11-20)13-21-17-8-6-16(7-9-17)18(23)22-12-14-4-2-1-3-5-14/h1-9,13,21H,12H2,(H,22,23). The summed E-state index contributed by atoms with van der Waals surface area (Å²) in [4.78, 5) is 12.1. The summed E-state index contributed by atoms with van der Waals surface area (Å²) in [6.45, 7) is 0.468. The summed E-state index contributed by atoms with van der Waals surface area (Å²) in [5, 5.41) is 23.0. The second-order valence-electron chi connectivity index (χ2n) is 4.67. The zero-order valence-electron chi connectivity index (χ0n) is 12.3. The van der Waals surface area contributed by atoms with E-state index in [4.69, 9.17) is 10.5 Å². The third-order valence-electron chi connectivity index (χ3n) is 3.07. The number of hydrogen-bond acceptors (Lipinski definition) is 4. The molecule has 0 bridgehead atoms. The van der Waals surface area contributed by atoms with Crippen molar-refractivity contribution < 1.29 is 4.79 Å². The van der Waals surface area contributed by atoms with Gasteiger partial charge in [-0.1, -0.05) is 30.3 Å². The third-order valence-corrected chi connectivity index (χ3v) is 3.07. The topological polar surface area (TPSA) is 88.7 Å². The second kappa shape index (κ2) is 8.02. The molecule has 0 spiro atoms. The van der Waals surface area contributed by atoms with Gasteiger partial charge in [-0.3, -0.25) is 4.79 Å². The molecule has 0 saturated carbocycles. The van der Waals surface area contributed by atoms with E-state index in [1.54, 1.807) is 36.4 Å². The van der Waals surface area contributed by atoms with E-state index in [1.165, 1.54) is 6.20 Å². The van der Waals surface area contributed by atoms with Crippen LogP contribution in [0.1, 0.15) is 15.9 Å². The predicted molar refractivity (Wildman–Crippen MR) is 87.0 cm³/mol. The minimum absolute atomic E-state index is 0.0188. The number of hydrogen-bond donors (Lipinski definition) is 2. The molecule has 0 aromatic heterocycles. The molecule has 0 aliphatic rings. The first kappa shape index (κ1) is 15.8. The average molecular weight is 302 g/mol. The van der Waals surface area contributed by atoms with Crippen molar-refractivity contribution in [3.63, 3.8) is 0 Å². The molecule has 5 heteroatoms. The summed E-state index contributed by atoms with van der Waals surface area (Å²) < 4.78 is 0. The molecule has 2 N–H and O–H groups in total. The summed E-state index contributed by atoms with van der Waals surface area (Å²) in [6, 6.07) is 19.9. The van der Waals surface area contributed by atoms with Crippen LogP contribution in [0.25, 0.3) is 0 Å². The summed E-state index contributed by atoms with van der Waals surface area (Å²) in [5.41, 5.74) is 2.24. The van der Waals surface area contributed by atoms with Gasteiger partial charge in [0.2, 0.25) is 0 Å². The Morgan fingerprint density at radius 2 is 1.65 bits per heavy atom. The molecular weight excluding hydrogens is 288 g/mol. The van der Waals surface area contributed by atoms with Gasteiger partial charge in [0.25, 0.3) is 5.91 Å². The summed E-state index contributed by atoms with van der Waals surface area (Å²) >= 11 is 0. The van der Waals surface area contributed by atoms with Crippen LogP contribution in [0.4, 0.5) is 5.69 Å². The summed E-state index contributed by atoms with van der Waals surface area (Å²) in [5.74, 6) is -0.161. The van der Waals surface area contributed by atoms with Crippen LogP contribution in [-0.4, -0.2) is 5.91 Å². The number of benzene rings is 2. The zero-order chi connectivity index (χ0) is 16.5. The van der Waals surface area contributed by atoms with E-state index in [0.717, 1.165) is 5.56 Å². The van der Waals surface area contributed by atoms with Gasteiger partial charge in [0.05, 0.1) is 0 Å². The lowest BCUT2D eigenvalue weighted by molar-refractivity contribution is 0.0951. The Balaban J connectivity index is 1.94. The number of carbonyl (C=O) groups is 1. The second-order valence-corrected chi connectivity index (χ2v) is 4.67. The Kier molecular flexibility index (Phi) is 5.51. The van der Waals surface area contributed by atoms with Crippen LogP contribution in [-0.2, 0) is 6.54 Å². The molecule has 0 heterocycles. The van der Waals surface area contributed by atoms with Crippen molar-refractivity contribution in [2.24, 2.45) is 0 Å². The van der Waals surface area contributed by atoms with Gasteiger partial charge in [-0.05, 0) is 29.8 Å². The van der Waals surface area contributed by atoms with Crippen LogP contribution in [0.15, 0.2) is 66.4 Å². The maximum absolute atomic E-state index is 12.1. The highest BCUT2D eigenvalue weighted by Gasteiger charge is 2.04. The van der Waals surface area contributed by atoms with Crippen LogP contribution in [0.2, 0.25) is 0 Å². The van der Waals surface area contributed by atoms with E-state index in [1.807, 2.05) is 30.3 Å². The van der Waals surface area contributed by atoms with Crippen molar-refractivity contribution in [3.05, 3.63) is 77.5 Å². The van der Waals surface area contributed by atoms with E-state index in [2.05, 4.69) is 10.6 Å². The first-order valence-corrected chi connectivity index (χ1v) is 6.92. The number of nitriles is 2. The lowest BCUT2D eigenvalue weighted by Gasteiger charge is -2.06. The van der Waals surface area contributed by atoms with Gasteiger partial charge in [0, 0.05) is 24.0 Å². The van der Waals surface area contributed by atoms with Crippen molar-refractivity contribution >= 4 is 11.6 Å². The van der Waals surface area contributed by atoms with Gasteiger partial charge in [0.1, 0.15) is 17.7 Å². The Morgan fingerprint density at radius 3 is 2.26 bits per heavy atom. The van der Waals surface area contributed by atoms with Crippen LogP contribution in [0, 0.1) is 22.7 Å². The predicted octanol–water partition coefficient (Wildman–Crippen LogP) is 2.96. The number of allylic oxidation sites excluding steroid dienone is 1. The Labute approximate surface area is 134 Å². The molecule has 2 rings (SSSR count). The quantitative estimate of drug-likeness (QED) is 0.831. The van der Waals surface area contributed by atoms with Crippen LogP contribution < -0.4 is 10.6 Å². The molecule has 1 amide bonds. The number of nitrogens with one attached hydrogen (secondary N) is 2. The van der Waals surface area contributed by atoms with Crippen molar-refractivity contribution in [3.8, 4) is 12.1 Å². The van der Waals surface area contributed by atoms with E-state index >= 15 is 0 Å². The molecule has 0 saturated heterocycles. The van der Waals surface area contributed by atoms with Gasteiger partial charge >= 0.3 is 0 Å². The summed E-state index contributed by atoms with van der Waals surface area (Å²) in [7, 11) is 0. The Morgan fingerprint density at radius 1 is 1.00 bits per heavy atom. The first-order valence-electron chi connectivity index (χ1n) is 6.92. The highest BCUT2D eigenvalue weighted by Crippen LogP contribution is 2.10. The summed E-state index contributed by atoms with van der Waals surface area (Å²) in [6.07, 6.45) is 1.32. The molecule has 2 aromatic carbocycles. The molecule has 0 fully saturated rings. The molecule has 112 valence electrons. The molecule has 0 aliphatic carbocycles. The normalized spacial score (nSPS) is 9.13. The van der Waals surface area contributed by atoms with Crippen molar-refractivity contribution in [2.45, 2.75) is 6.54 Å². The fourth-order valence-electron chi connectivity index (χ4n) is 1.84. The molecule has 0 unspecified atom stereocenters. The van der Waals surface area contributed by atoms with Gasteiger partial charge in [-0.15, -0.1) is 0 Å². The van der Waals surface area contributed by atoms with Gasteiger partial charge in [-0.2, -0.15) is 10.5 Å². The van der Waals surface area contributed by atoms with Gasteiger partial charge < -0.3 is 10.6 Å². The van der Waals surface area contributed by atoms with Crippen LogP contribution in [0.5, 0.6) is 0 Å². The Bertz CT molecular complexity index is 765. The minimum atomic E-state index is -0.161. The minimum Gasteiger partial charge on any atom is -0.360 e. The fourth-order valence-corrected chi connectivity index (χ4v) is 1.84. The maximum atomic E-state index is 12.1. The smallest absolute Gasteiger partial charge is 0.251 e. The van der Waals surface area contributed by atoms with Crippen molar-refractivity contribution in [1.29, 1.82) is 10.5 Å². The number of carbonyl (C=O) groups excluding carboxylic acids is 1. The lowest BCUT2D eigenvalue weighted by atomic mass is 10.1. The number of amides is 1. The lowest BCUT2D eigenvalue weighted by Crippen LogP contribution is -2.22. The fraction of sp³-hybridized carbons (Fsp3) is 0.0556. The van der Waals surface area contributed by atoms with E-state index < -0.39 is 0 Å². The average Bonchev–Trinajstić information content (AvgIpc) is 2.62. The molecular formula is C18H14N4O. The Hall–Kier alpha value is -3.57. The third kappa shape index (κ3) is 4.73. The monoisotopic (exact) mass is 302 g/mol. The largest absolute Gasteiger partial charge is 0.360 e. The van der Waals surface area contributed by atoms with Crippen LogP contribution >= 0.6 is 0 Å². The highest BCUT2D eigenvalue weighted by atomic mass is 16.1. The van der Waals surface area contributed by atoms with Gasteiger partial charge in [0.15, 0.2) is 0 Å².